The fraction of sp³-hybridized carbons (Fsp3) is 0.273. The Balaban J connectivity index is 1.71. The Kier molecular flexibility index (Phi) is 8.16. The molecule has 1 aliphatic rings. The third kappa shape index (κ3) is 6.40. The highest BCUT2D eigenvalue weighted by molar-refractivity contribution is 8.03. The zero-order valence-electron chi connectivity index (χ0n) is 18.4. The van der Waals surface area contributed by atoms with E-state index in [1.807, 2.05) is 42.2 Å². The number of thiophene rings is 1. The van der Waals surface area contributed by atoms with E-state index in [1.165, 1.54) is 22.7 Å². The summed E-state index contributed by atoms with van der Waals surface area (Å²) < 4.78 is 34.9. The Morgan fingerprint density at radius 1 is 1.23 bits per heavy atom. The van der Waals surface area contributed by atoms with Crippen LogP contribution in [0.3, 0.4) is 0 Å². The molecule has 0 fully saturated rings. The highest BCUT2D eigenvalue weighted by atomic mass is 35.5. The van der Waals surface area contributed by atoms with E-state index in [9.17, 15) is 18.3 Å². The van der Waals surface area contributed by atoms with Gasteiger partial charge in [0, 0.05) is 28.6 Å². The highest BCUT2D eigenvalue weighted by Gasteiger charge is 2.27. The molecule has 0 amide bonds. The standard InChI is InChI=1S/C22H20Cl2N2O5S4/c1-2-13(9-20-26(12-21(27)28)16-11-18(24)33-22(16)34-20)8-19-25(6-3-7-35(29,30)31)15-10-14(23)4-5-17(15)32-19/h4-5,8-11H,2-3,6-7,12H2,1H3,(H-,27,28,29,30,31)/p+1. The SMILES string of the molecule is CCC(=Cc1sc2sc(Cl)cc2[n+]1CC(=O)O)C=C1Sc2ccc(Cl)cc2N1CCCS(=O)(=O)O. The number of rotatable bonds is 9. The van der Waals surface area contributed by atoms with Crippen LogP contribution in [-0.2, 0) is 21.5 Å². The monoisotopic (exact) mass is 591 g/mol. The highest BCUT2D eigenvalue weighted by Crippen LogP contribution is 2.47. The molecule has 0 saturated carbocycles. The first-order chi connectivity index (χ1) is 16.5. The summed E-state index contributed by atoms with van der Waals surface area (Å²) in [5, 5.41) is 11.7. The van der Waals surface area contributed by atoms with Gasteiger partial charge in [0.25, 0.3) is 15.1 Å². The molecule has 0 radical (unpaired) electrons. The van der Waals surface area contributed by atoms with Gasteiger partial charge in [-0.05, 0) is 42.7 Å². The minimum atomic E-state index is -4.06. The molecular weight excluding hydrogens is 571 g/mol. The van der Waals surface area contributed by atoms with Gasteiger partial charge in [-0.25, -0.2) is 4.79 Å². The summed E-state index contributed by atoms with van der Waals surface area (Å²) in [5.41, 5.74) is 2.66. The third-order valence-corrected chi connectivity index (χ3v) is 9.84. The summed E-state index contributed by atoms with van der Waals surface area (Å²) >= 11 is 16.8. The summed E-state index contributed by atoms with van der Waals surface area (Å²) in [6, 6.07) is 7.35. The van der Waals surface area contributed by atoms with Crippen LogP contribution in [0.5, 0.6) is 0 Å². The smallest absolute Gasteiger partial charge is 0.370 e. The van der Waals surface area contributed by atoms with Crippen molar-refractivity contribution in [2.45, 2.75) is 31.2 Å². The molecule has 3 aromatic rings. The number of aromatic nitrogens is 1. The van der Waals surface area contributed by atoms with Crippen molar-refractivity contribution in [2.75, 3.05) is 17.2 Å². The van der Waals surface area contributed by atoms with E-state index in [0.717, 1.165) is 35.7 Å². The Bertz CT molecular complexity index is 1460. The van der Waals surface area contributed by atoms with Crippen molar-refractivity contribution >= 4 is 95.0 Å². The maximum absolute atomic E-state index is 11.5. The first-order valence-electron chi connectivity index (χ1n) is 10.5. The molecule has 2 aromatic heterocycles. The third-order valence-electron chi connectivity index (χ3n) is 5.20. The second-order valence-electron chi connectivity index (χ2n) is 7.70. The number of thioether (sulfide) groups is 1. The van der Waals surface area contributed by atoms with E-state index < -0.39 is 16.1 Å². The Hall–Kier alpha value is -1.60. The summed E-state index contributed by atoms with van der Waals surface area (Å²) in [6.45, 7) is 2.23. The van der Waals surface area contributed by atoms with Crippen LogP contribution in [-0.4, -0.2) is 36.3 Å². The van der Waals surface area contributed by atoms with E-state index in [4.69, 9.17) is 27.8 Å². The van der Waals surface area contributed by atoms with Crippen LogP contribution in [0.1, 0.15) is 24.8 Å². The van der Waals surface area contributed by atoms with Crippen LogP contribution in [0, 0.1) is 0 Å². The van der Waals surface area contributed by atoms with Crippen molar-refractivity contribution < 1.29 is 27.4 Å². The molecule has 7 nitrogen and oxygen atoms in total. The largest absolute Gasteiger partial charge is 0.477 e. The van der Waals surface area contributed by atoms with E-state index >= 15 is 0 Å². The number of carbonyl (C=O) groups is 1. The lowest BCUT2D eigenvalue weighted by Crippen LogP contribution is -2.39. The first kappa shape index (κ1) is 26.5. The number of nitrogens with zero attached hydrogens (tertiary/aromatic N) is 2. The number of halogens is 2. The fourth-order valence-corrected chi connectivity index (χ4v) is 8.19. The number of carboxylic acid groups (broad SMARTS) is 1. The van der Waals surface area contributed by atoms with Crippen molar-refractivity contribution in [3.8, 4) is 0 Å². The maximum atomic E-state index is 11.5. The van der Waals surface area contributed by atoms with E-state index in [0.29, 0.717) is 22.3 Å². The van der Waals surface area contributed by atoms with Crippen LogP contribution in [0.15, 0.2) is 45.8 Å². The molecule has 186 valence electrons. The van der Waals surface area contributed by atoms with Gasteiger partial charge in [-0.1, -0.05) is 53.2 Å². The van der Waals surface area contributed by atoms with Crippen molar-refractivity contribution in [3.05, 3.63) is 55.3 Å². The second kappa shape index (κ2) is 10.8. The number of fused-ring (bicyclic) bond motifs is 2. The number of hydrogen-bond acceptors (Lipinski definition) is 7. The summed E-state index contributed by atoms with van der Waals surface area (Å²) in [4.78, 5) is 14.5. The Morgan fingerprint density at radius 2 is 2.00 bits per heavy atom. The quantitative estimate of drug-likeness (QED) is 0.227. The lowest BCUT2D eigenvalue weighted by molar-refractivity contribution is -0.657. The molecule has 1 aromatic carbocycles. The molecule has 13 heteroatoms. The fourth-order valence-electron chi connectivity index (χ4n) is 3.65. The van der Waals surface area contributed by atoms with E-state index in [1.54, 1.807) is 22.4 Å². The van der Waals surface area contributed by atoms with Crippen molar-refractivity contribution in [2.24, 2.45) is 0 Å². The van der Waals surface area contributed by atoms with Gasteiger partial charge in [-0.3, -0.25) is 4.55 Å². The van der Waals surface area contributed by atoms with Gasteiger partial charge >= 0.3 is 5.97 Å². The maximum Gasteiger partial charge on any atom is 0.370 e. The summed E-state index contributed by atoms with van der Waals surface area (Å²) in [6.07, 6.45) is 4.94. The minimum Gasteiger partial charge on any atom is -0.477 e. The van der Waals surface area contributed by atoms with Gasteiger partial charge in [0.15, 0.2) is 4.01 Å². The molecule has 0 unspecified atom stereocenters. The van der Waals surface area contributed by atoms with Crippen LogP contribution in [0.4, 0.5) is 5.69 Å². The number of allylic oxidation sites excluding steroid dienone is 2. The van der Waals surface area contributed by atoms with Crippen LogP contribution >= 0.6 is 57.6 Å². The molecule has 3 heterocycles. The van der Waals surface area contributed by atoms with Gasteiger partial charge in [0.1, 0.15) is 4.34 Å². The van der Waals surface area contributed by atoms with Gasteiger partial charge < -0.3 is 10.0 Å². The zero-order valence-corrected chi connectivity index (χ0v) is 23.2. The number of hydrogen-bond donors (Lipinski definition) is 2. The van der Waals surface area contributed by atoms with Crippen LogP contribution < -0.4 is 9.47 Å². The van der Waals surface area contributed by atoms with Crippen molar-refractivity contribution in [1.82, 2.24) is 0 Å². The van der Waals surface area contributed by atoms with Crippen molar-refractivity contribution in [3.63, 3.8) is 0 Å². The molecule has 0 atom stereocenters. The first-order valence-corrected chi connectivity index (χ1v) is 15.3. The molecule has 2 N–H and O–H groups in total. The van der Waals surface area contributed by atoms with Crippen LogP contribution in [0.25, 0.3) is 15.6 Å². The molecule has 4 rings (SSSR count). The summed E-state index contributed by atoms with van der Waals surface area (Å²) in [5.74, 6) is -1.27. The predicted octanol–water partition coefficient (Wildman–Crippen LogP) is 6.17. The Morgan fingerprint density at radius 3 is 2.69 bits per heavy atom. The minimum absolute atomic E-state index is 0.174. The van der Waals surface area contributed by atoms with Gasteiger partial charge in [-0.15, -0.1) is 11.3 Å². The second-order valence-corrected chi connectivity index (χ2v) is 13.7. The normalized spacial score (nSPS) is 15.4. The molecule has 0 spiro atoms. The molecule has 35 heavy (non-hydrogen) atoms. The molecule has 1 aliphatic heterocycles. The number of thiazole rings is 1. The van der Waals surface area contributed by atoms with Gasteiger partial charge in [0.2, 0.25) is 12.1 Å². The number of aliphatic carboxylic acids is 1. The topological polar surface area (TPSA) is 98.8 Å². The average molecular weight is 593 g/mol. The molecular formula is C22H21Cl2N2O5S4+. The van der Waals surface area contributed by atoms with Gasteiger partial charge in [0.05, 0.1) is 16.5 Å². The predicted molar refractivity (Wildman–Crippen MR) is 145 cm³/mol. The zero-order chi connectivity index (χ0) is 25.3. The van der Waals surface area contributed by atoms with Crippen LogP contribution in [0.2, 0.25) is 9.36 Å². The molecule has 0 bridgehead atoms. The average Bonchev–Trinajstić information content (AvgIpc) is 3.38. The molecule has 0 aliphatic carbocycles. The lowest BCUT2D eigenvalue weighted by Gasteiger charge is -2.20. The number of carboxylic acids is 1. The van der Waals surface area contributed by atoms with E-state index in [2.05, 4.69) is 0 Å². The molecule has 0 saturated heterocycles. The Labute approximate surface area is 225 Å². The van der Waals surface area contributed by atoms with Crippen molar-refractivity contribution in [1.29, 1.82) is 0 Å². The van der Waals surface area contributed by atoms with Gasteiger partial charge in [-0.2, -0.15) is 13.0 Å². The lowest BCUT2D eigenvalue weighted by atomic mass is 10.2. The summed E-state index contributed by atoms with van der Waals surface area (Å²) in [7, 11) is -4.06. The van der Waals surface area contributed by atoms with E-state index in [-0.39, 0.29) is 18.7 Å². The number of benzene rings is 1. The number of anilines is 1.